The highest BCUT2D eigenvalue weighted by Crippen LogP contribution is 2.33. The average Bonchev–Trinajstić information content (AvgIpc) is 2.72. The summed E-state index contributed by atoms with van der Waals surface area (Å²) in [5, 5.41) is 18.9. The van der Waals surface area contributed by atoms with E-state index in [2.05, 4.69) is 16.3 Å². The van der Waals surface area contributed by atoms with Gasteiger partial charge in [0.15, 0.2) is 0 Å². The minimum atomic E-state index is -0.445. The molecular weight excluding hydrogens is 342 g/mol. The fraction of sp³-hybridized carbons (Fsp3) is 0.0476. The van der Waals surface area contributed by atoms with E-state index in [1.807, 2.05) is 54.6 Å². The number of fused-ring (bicyclic) bond motifs is 1. The van der Waals surface area contributed by atoms with Crippen LogP contribution in [0.5, 0.6) is 5.75 Å². The van der Waals surface area contributed by atoms with Gasteiger partial charge in [-0.3, -0.25) is 10.1 Å². The van der Waals surface area contributed by atoms with Crippen molar-refractivity contribution in [2.75, 3.05) is 0 Å². The largest absolute Gasteiger partial charge is 0.481 e. The van der Waals surface area contributed by atoms with Gasteiger partial charge in [0.1, 0.15) is 11.9 Å². The Kier molecular flexibility index (Phi) is 4.45. The Morgan fingerprint density at radius 3 is 2.15 bits per heavy atom. The first kappa shape index (κ1) is 16.7. The number of hydrogen-bond donors (Lipinski definition) is 0. The molecule has 6 heteroatoms. The van der Waals surface area contributed by atoms with Crippen molar-refractivity contribution >= 4 is 23.1 Å². The molecule has 27 heavy (non-hydrogen) atoms. The smallest absolute Gasteiger partial charge is 0.269 e. The van der Waals surface area contributed by atoms with Crippen molar-refractivity contribution in [1.29, 1.82) is 0 Å². The Labute approximate surface area is 155 Å². The quantitative estimate of drug-likeness (QED) is 0.319. The first-order valence-electron chi connectivity index (χ1n) is 8.39. The molecule has 0 radical (unpaired) electrons. The first-order valence-corrected chi connectivity index (χ1v) is 8.39. The summed E-state index contributed by atoms with van der Waals surface area (Å²) >= 11 is 0. The van der Waals surface area contributed by atoms with Crippen molar-refractivity contribution in [3.05, 3.63) is 100 Å². The molecule has 0 aromatic heterocycles. The van der Waals surface area contributed by atoms with E-state index in [1.165, 1.54) is 12.1 Å². The van der Waals surface area contributed by atoms with Crippen LogP contribution in [0.4, 0.5) is 17.1 Å². The fourth-order valence-corrected chi connectivity index (χ4v) is 2.76. The van der Waals surface area contributed by atoms with Crippen LogP contribution in [0.25, 0.3) is 6.08 Å². The molecule has 0 bridgehead atoms. The summed E-state index contributed by atoms with van der Waals surface area (Å²) < 4.78 is 6.02. The van der Waals surface area contributed by atoms with E-state index >= 15 is 0 Å². The second-order valence-electron chi connectivity index (χ2n) is 6.00. The molecule has 3 aromatic rings. The summed E-state index contributed by atoms with van der Waals surface area (Å²) in [5.74, 6) is 0.868. The van der Waals surface area contributed by atoms with Crippen LogP contribution >= 0.6 is 0 Å². The SMILES string of the molecule is O=[N+]([O-])c1ccc(N=Nc2ccc(C3C=Cc4ccccc4O3)cc2)cc1. The van der Waals surface area contributed by atoms with Gasteiger partial charge in [0, 0.05) is 17.7 Å². The molecule has 0 spiro atoms. The van der Waals surface area contributed by atoms with Crippen molar-refractivity contribution < 1.29 is 9.66 Å². The molecule has 132 valence electrons. The second kappa shape index (κ2) is 7.21. The van der Waals surface area contributed by atoms with Gasteiger partial charge in [0.2, 0.25) is 0 Å². The van der Waals surface area contributed by atoms with Gasteiger partial charge >= 0.3 is 0 Å². The first-order chi connectivity index (χ1) is 13.2. The Balaban J connectivity index is 1.46. The summed E-state index contributed by atoms with van der Waals surface area (Å²) in [6.45, 7) is 0. The van der Waals surface area contributed by atoms with Crippen LogP contribution in [-0.4, -0.2) is 4.92 Å². The summed E-state index contributed by atoms with van der Waals surface area (Å²) in [4.78, 5) is 10.2. The van der Waals surface area contributed by atoms with Crippen molar-refractivity contribution in [1.82, 2.24) is 0 Å². The maximum Gasteiger partial charge on any atom is 0.269 e. The molecule has 0 N–H and O–H groups in total. The van der Waals surface area contributed by atoms with Crippen LogP contribution in [-0.2, 0) is 0 Å². The summed E-state index contributed by atoms with van der Waals surface area (Å²) in [6, 6.07) is 21.5. The fourth-order valence-electron chi connectivity index (χ4n) is 2.76. The van der Waals surface area contributed by atoms with Gasteiger partial charge in [0.25, 0.3) is 5.69 Å². The number of non-ortho nitro benzene ring substituents is 1. The van der Waals surface area contributed by atoms with E-state index in [-0.39, 0.29) is 11.8 Å². The lowest BCUT2D eigenvalue weighted by atomic mass is 10.0. The van der Waals surface area contributed by atoms with Gasteiger partial charge in [-0.1, -0.05) is 36.4 Å². The van der Waals surface area contributed by atoms with E-state index in [1.54, 1.807) is 12.1 Å². The highest BCUT2D eigenvalue weighted by molar-refractivity contribution is 5.60. The van der Waals surface area contributed by atoms with Crippen LogP contribution < -0.4 is 4.74 Å². The Hall–Kier alpha value is -3.80. The van der Waals surface area contributed by atoms with Gasteiger partial charge in [0.05, 0.1) is 16.3 Å². The van der Waals surface area contributed by atoms with Crippen LogP contribution in [0, 0.1) is 10.1 Å². The predicted molar refractivity (Wildman–Crippen MR) is 103 cm³/mol. The summed E-state index contributed by atoms with van der Waals surface area (Å²) in [6.07, 6.45) is 3.95. The monoisotopic (exact) mass is 357 g/mol. The van der Waals surface area contributed by atoms with Crippen LogP contribution in [0.3, 0.4) is 0 Å². The zero-order valence-corrected chi connectivity index (χ0v) is 14.2. The van der Waals surface area contributed by atoms with Crippen molar-refractivity contribution in [2.24, 2.45) is 10.2 Å². The van der Waals surface area contributed by atoms with Crippen molar-refractivity contribution in [3.8, 4) is 5.75 Å². The lowest BCUT2D eigenvalue weighted by Crippen LogP contribution is -2.08. The average molecular weight is 357 g/mol. The third kappa shape index (κ3) is 3.74. The molecule has 1 aliphatic heterocycles. The number of azo groups is 1. The number of para-hydroxylation sites is 1. The Bertz CT molecular complexity index is 1030. The third-order valence-corrected chi connectivity index (χ3v) is 4.19. The topological polar surface area (TPSA) is 77.1 Å². The zero-order chi connectivity index (χ0) is 18.6. The molecule has 3 aromatic carbocycles. The van der Waals surface area contributed by atoms with Crippen LogP contribution in [0.1, 0.15) is 17.2 Å². The lowest BCUT2D eigenvalue weighted by molar-refractivity contribution is -0.384. The molecule has 0 fully saturated rings. The highest BCUT2D eigenvalue weighted by Gasteiger charge is 2.15. The Morgan fingerprint density at radius 1 is 0.852 bits per heavy atom. The molecule has 0 saturated heterocycles. The van der Waals surface area contributed by atoms with Gasteiger partial charge in [-0.25, -0.2) is 0 Å². The van der Waals surface area contributed by atoms with Crippen LogP contribution in [0.2, 0.25) is 0 Å². The third-order valence-electron chi connectivity index (χ3n) is 4.19. The normalized spacial score (nSPS) is 15.3. The van der Waals surface area contributed by atoms with E-state index in [0.29, 0.717) is 11.4 Å². The number of nitro groups is 1. The van der Waals surface area contributed by atoms with E-state index in [4.69, 9.17) is 4.74 Å². The van der Waals surface area contributed by atoms with E-state index < -0.39 is 4.92 Å². The molecule has 6 nitrogen and oxygen atoms in total. The highest BCUT2D eigenvalue weighted by atomic mass is 16.6. The van der Waals surface area contributed by atoms with Gasteiger partial charge in [-0.15, -0.1) is 0 Å². The molecular formula is C21H15N3O3. The molecule has 0 saturated carbocycles. The summed E-state index contributed by atoms with van der Waals surface area (Å²) in [7, 11) is 0. The van der Waals surface area contributed by atoms with Crippen LogP contribution in [0.15, 0.2) is 89.1 Å². The minimum absolute atomic E-state index is 0.0282. The lowest BCUT2D eigenvalue weighted by Gasteiger charge is -2.21. The molecule has 0 amide bonds. The molecule has 1 aliphatic rings. The maximum absolute atomic E-state index is 10.7. The van der Waals surface area contributed by atoms with E-state index in [9.17, 15) is 10.1 Å². The molecule has 0 aliphatic carbocycles. The van der Waals surface area contributed by atoms with Gasteiger partial charge < -0.3 is 4.74 Å². The van der Waals surface area contributed by atoms with Gasteiger partial charge in [-0.2, -0.15) is 10.2 Å². The molecule has 1 unspecified atom stereocenters. The number of benzene rings is 3. The maximum atomic E-state index is 10.7. The van der Waals surface area contributed by atoms with Gasteiger partial charge in [-0.05, 0) is 42.0 Å². The molecule has 4 rings (SSSR count). The number of nitro benzene ring substituents is 1. The molecule has 1 atom stereocenters. The van der Waals surface area contributed by atoms with Crippen molar-refractivity contribution in [3.63, 3.8) is 0 Å². The summed E-state index contributed by atoms with van der Waals surface area (Å²) in [5.41, 5.74) is 3.37. The minimum Gasteiger partial charge on any atom is -0.481 e. The standard InChI is InChI=1S/C21H15N3O3/c25-24(26)19-12-10-18(11-13-19)23-22-17-8-5-16(6-9-17)21-14-7-15-3-1-2-4-20(15)27-21/h1-14,21H. The number of hydrogen-bond acceptors (Lipinski definition) is 5. The Morgan fingerprint density at radius 2 is 1.48 bits per heavy atom. The number of rotatable bonds is 4. The number of nitrogens with zero attached hydrogens (tertiary/aromatic N) is 3. The number of ether oxygens (including phenoxy) is 1. The predicted octanol–water partition coefficient (Wildman–Crippen LogP) is 6.16. The van der Waals surface area contributed by atoms with E-state index in [0.717, 1.165) is 16.9 Å². The molecule has 1 heterocycles. The second-order valence-corrected chi connectivity index (χ2v) is 6.00. The zero-order valence-electron chi connectivity index (χ0n) is 14.2. The van der Waals surface area contributed by atoms with Crippen molar-refractivity contribution in [2.45, 2.75) is 6.10 Å².